The van der Waals surface area contributed by atoms with E-state index >= 15 is 0 Å². The van der Waals surface area contributed by atoms with Crippen LogP contribution < -0.4 is 15.4 Å². The minimum atomic E-state index is -4.42. The molecule has 2 aromatic rings. The smallest absolute Gasteiger partial charge is 0.422 e. The number of aryl methyl sites for hydroxylation is 2. The van der Waals surface area contributed by atoms with Gasteiger partial charge in [0.2, 0.25) is 5.88 Å². The van der Waals surface area contributed by atoms with Gasteiger partial charge in [-0.2, -0.15) is 13.2 Å². The second-order valence-electron chi connectivity index (χ2n) is 5.61. The molecule has 0 atom stereocenters. The average Bonchev–Trinajstić information content (AvgIpc) is 2.57. The fraction of sp³-hybridized carbons (Fsp3) is 0.353. The van der Waals surface area contributed by atoms with E-state index in [2.05, 4.69) is 25.3 Å². The number of ether oxygens (including phenoxy) is 1. The van der Waals surface area contributed by atoms with Crippen LogP contribution in [0.5, 0.6) is 5.88 Å². The van der Waals surface area contributed by atoms with Crippen molar-refractivity contribution in [2.75, 3.05) is 19.0 Å². The van der Waals surface area contributed by atoms with Gasteiger partial charge in [-0.25, -0.2) is 9.97 Å². The maximum atomic E-state index is 12.3. The molecule has 0 aliphatic rings. The standard InChI is InChI=1S/C17H19F3N4O2/c1-10-6-13(7-14(21-3)23-10)16(25)22-8-12-4-5-15(24-11(12)2)26-9-17(18,19)20/h4-7H,8-9H2,1-3H3,(H,21,23)(H,22,25). The Hall–Kier alpha value is -2.84. The molecule has 2 rings (SSSR count). The molecule has 0 bridgehead atoms. The molecule has 0 aliphatic heterocycles. The van der Waals surface area contributed by atoms with E-state index in [9.17, 15) is 18.0 Å². The van der Waals surface area contributed by atoms with Gasteiger partial charge >= 0.3 is 6.18 Å². The van der Waals surface area contributed by atoms with Crippen LogP contribution in [0.15, 0.2) is 24.3 Å². The maximum absolute atomic E-state index is 12.3. The predicted octanol–water partition coefficient (Wildman–Crippen LogP) is 3.01. The molecule has 26 heavy (non-hydrogen) atoms. The minimum Gasteiger partial charge on any atom is -0.468 e. The summed E-state index contributed by atoms with van der Waals surface area (Å²) in [6.07, 6.45) is -4.42. The Labute approximate surface area is 148 Å². The van der Waals surface area contributed by atoms with Gasteiger partial charge in [0, 0.05) is 36.6 Å². The zero-order valence-electron chi connectivity index (χ0n) is 14.6. The number of halogens is 3. The lowest BCUT2D eigenvalue weighted by molar-refractivity contribution is -0.154. The first kappa shape index (κ1) is 19.5. The molecule has 0 fully saturated rings. The third-order valence-corrected chi connectivity index (χ3v) is 3.46. The van der Waals surface area contributed by atoms with Crippen molar-refractivity contribution in [1.29, 1.82) is 0 Å². The van der Waals surface area contributed by atoms with E-state index in [4.69, 9.17) is 0 Å². The van der Waals surface area contributed by atoms with Gasteiger partial charge in [-0.3, -0.25) is 4.79 Å². The highest BCUT2D eigenvalue weighted by atomic mass is 19.4. The number of hydrogen-bond donors (Lipinski definition) is 2. The number of hydrogen-bond acceptors (Lipinski definition) is 5. The molecule has 2 heterocycles. The van der Waals surface area contributed by atoms with Crippen LogP contribution in [0.4, 0.5) is 19.0 Å². The van der Waals surface area contributed by atoms with Crippen LogP contribution in [-0.4, -0.2) is 35.7 Å². The summed E-state index contributed by atoms with van der Waals surface area (Å²) < 4.78 is 41.1. The van der Waals surface area contributed by atoms with Crippen molar-refractivity contribution in [2.24, 2.45) is 0 Å². The van der Waals surface area contributed by atoms with E-state index in [1.807, 2.05) is 0 Å². The molecular formula is C17H19F3N4O2. The van der Waals surface area contributed by atoms with Crippen molar-refractivity contribution in [1.82, 2.24) is 15.3 Å². The number of nitrogens with zero attached hydrogens (tertiary/aromatic N) is 2. The number of pyridine rings is 2. The second kappa shape index (κ2) is 8.03. The molecular weight excluding hydrogens is 349 g/mol. The Morgan fingerprint density at radius 3 is 2.54 bits per heavy atom. The summed E-state index contributed by atoms with van der Waals surface area (Å²) in [5, 5.41) is 5.63. The molecule has 0 saturated carbocycles. The summed E-state index contributed by atoms with van der Waals surface area (Å²) in [6.45, 7) is 2.21. The number of alkyl halides is 3. The molecule has 0 spiro atoms. The summed E-state index contributed by atoms with van der Waals surface area (Å²) in [5.41, 5.74) is 2.31. The van der Waals surface area contributed by atoms with E-state index in [0.717, 1.165) is 0 Å². The van der Waals surface area contributed by atoms with Crippen molar-refractivity contribution in [3.8, 4) is 5.88 Å². The number of aromatic nitrogens is 2. The fourth-order valence-electron chi connectivity index (χ4n) is 2.20. The molecule has 2 N–H and O–H groups in total. The first-order valence-corrected chi connectivity index (χ1v) is 7.78. The zero-order chi connectivity index (χ0) is 19.3. The highest BCUT2D eigenvalue weighted by Crippen LogP contribution is 2.18. The van der Waals surface area contributed by atoms with Gasteiger partial charge < -0.3 is 15.4 Å². The number of nitrogens with one attached hydrogen (secondary N) is 2. The highest BCUT2D eigenvalue weighted by Gasteiger charge is 2.28. The van der Waals surface area contributed by atoms with Gasteiger partial charge in [-0.15, -0.1) is 0 Å². The number of carbonyl (C=O) groups is 1. The molecule has 0 unspecified atom stereocenters. The monoisotopic (exact) mass is 368 g/mol. The van der Waals surface area contributed by atoms with E-state index in [0.29, 0.717) is 28.3 Å². The van der Waals surface area contributed by atoms with E-state index < -0.39 is 12.8 Å². The maximum Gasteiger partial charge on any atom is 0.422 e. The normalized spacial score (nSPS) is 11.2. The second-order valence-corrected chi connectivity index (χ2v) is 5.61. The van der Waals surface area contributed by atoms with Crippen LogP contribution in [0.25, 0.3) is 0 Å². The number of rotatable bonds is 6. The zero-order valence-corrected chi connectivity index (χ0v) is 14.6. The third-order valence-electron chi connectivity index (χ3n) is 3.46. The van der Waals surface area contributed by atoms with Crippen molar-refractivity contribution >= 4 is 11.7 Å². The van der Waals surface area contributed by atoms with Crippen LogP contribution in [-0.2, 0) is 6.54 Å². The van der Waals surface area contributed by atoms with E-state index in [-0.39, 0.29) is 18.3 Å². The van der Waals surface area contributed by atoms with Crippen molar-refractivity contribution in [2.45, 2.75) is 26.6 Å². The van der Waals surface area contributed by atoms with Crippen LogP contribution in [0.3, 0.4) is 0 Å². The first-order chi connectivity index (χ1) is 12.2. The van der Waals surface area contributed by atoms with Crippen molar-refractivity contribution in [3.63, 3.8) is 0 Å². The predicted molar refractivity (Wildman–Crippen MR) is 90.2 cm³/mol. The van der Waals surface area contributed by atoms with Crippen molar-refractivity contribution < 1.29 is 22.7 Å². The van der Waals surface area contributed by atoms with Crippen LogP contribution in [0, 0.1) is 13.8 Å². The quantitative estimate of drug-likeness (QED) is 0.820. The largest absolute Gasteiger partial charge is 0.468 e. The summed E-state index contributed by atoms with van der Waals surface area (Å²) >= 11 is 0. The Morgan fingerprint density at radius 2 is 1.92 bits per heavy atom. The third kappa shape index (κ3) is 5.61. The van der Waals surface area contributed by atoms with Gasteiger partial charge in [0.1, 0.15) is 5.82 Å². The SMILES string of the molecule is CNc1cc(C(=O)NCc2ccc(OCC(F)(F)F)nc2C)cc(C)n1. The lowest BCUT2D eigenvalue weighted by Crippen LogP contribution is -2.24. The molecule has 2 aromatic heterocycles. The average molecular weight is 368 g/mol. The fourth-order valence-corrected chi connectivity index (χ4v) is 2.20. The molecule has 6 nitrogen and oxygen atoms in total. The van der Waals surface area contributed by atoms with Crippen molar-refractivity contribution in [3.05, 3.63) is 46.8 Å². The Bertz CT molecular complexity index is 794. The molecule has 140 valence electrons. The number of anilines is 1. The molecule has 1 amide bonds. The van der Waals surface area contributed by atoms with E-state index in [1.54, 1.807) is 39.1 Å². The lowest BCUT2D eigenvalue weighted by Gasteiger charge is -2.12. The summed E-state index contributed by atoms with van der Waals surface area (Å²) in [6, 6.07) is 6.21. The molecule has 0 saturated heterocycles. The van der Waals surface area contributed by atoms with Gasteiger partial charge in [-0.05, 0) is 31.5 Å². The summed E-state index contributed by atoms with van der Waals surface area (Å²) in [4.78, 5) is 20.5. The van der Waals surface area contributed by atoms with Gasteiger partial charge in [0.15, 0.2) is 6.61 Å². The van der Waals surface area contributed by atoms with Gasteiger partial charge in [0.05, 0.1) is 0 Å². The van der Waals surface area contributed by atoms with Crippen LogP contribution in [0.1, 0.15) is 27.3 Å². The highest BCUT2D eigenvalue weighted by molar-refractivity contribution is 5.94. The van der Waals surface area contributed by atoms with Gasteiger partial charge in [0.25, 0.3) is 5.91 Å². The molecule has 0 radical (unpaired) electrons. The lowest BCUT2D eigenvalue weighted by atomic mass is 10.1. The number of carbonyl (C=O) groups excluding carboxylic acids is 1. The molecule has 0 aliphatic carbocycles. The van der Waals surface area contributed by atoms with Crippen LogP contribution in [0.2, 0.25) is 0 Å². The van der Waals surface area contributed by atoms with E-state index in [1.165, 1.54) is 6.07 Å². The topological polar surface area (TPSA) is 76.1 Å². The molecule has 0 aromatic carbocycles. The Morgan fingerprint density at radius 1 is 1.19 bits per heavy atom. The Balaban J connectivity index is 2.01. The van der Waals surface area contributed by atoms with Gasteiger partial charge in [-0.1, -0.05) is 6.07 Å². The van der Waals surface area contributed by atoms with Crippen LogP contribution >= 0.6 is 0 Å². The Kier molecular flexibility index (Phi) is 6.01. The summed E-state index contributed by atoms with van der Waals surface area (Å²) in [7, 11) is 1.71. The first-order valence-electron chi connectivity index (χ1n) is 7.78. The summed E-state index contributed by atoms with van der Waals surface area (Å²) in [5.74, 6) is 0.182. The molecule has 9 heteroatoms. The minimum absolute atomic E-state index is 0.113. The number of amides is 1.